The van der Waals surface area contributed by atoms with Crippen molar-refractivity contribution >= 4 is 16.7 Å². The van der Waals surface area contributed by atoms with Crippen molar-refractivity contribution in [2.24, 2.45) is 0 Å². The first-order valence-corrected chi connectivity index (χ1v) is 10.2. The zero-order chi connectivity index (χ0) is 22.4. The van der Waals surface area contributed by atoms with Crippen molar-refractivity contribution in [2.45, 2.75) is 25.7 Å². The second-order valence-corrected chi connectivity index (χ2v) is 7.96. The van der Waals surface area contributed by atoms with Crippen molar-refractivity contribution in [3.8, 4) is 0 Å². The summed E-state index contributed by atoms with van der Waals surface area (Å²) in [6.45, 7) is 2.77. The van der Waals surface area contributed by atoms with Gasteiger partial charge in [0.15, 0.2) is 0 Å². The third-order valence-electron chi connectivity index (χ3n) is 4.87. The van der Waals surface area contributed by atoms with E-state index in [1.807, 2.05) is 50.3 Å². The van der Waals surface area contributed by atoms with Gasteiger partial charge >= 0.3 is 6.18 Å². The summed E-state index contributed by atoms with van der Waals surface area (Å²) in [5.74, 6) is 1.48. The van der Waals surface area contributed by atoms with Gasteiger partial charge in [0.25, 0.3) is 0 Å². The molecule has 3 aromatic rings. The van der Waals surface area contributed by atoms with Crippen LogP contribution < -0.4 is 5.32 Å². The molecule has 0 radical (unpaired) electrons. The molecule has 0 spiro atoms. The third-order valence-corrected chi connectivity index (χ3v) is 4.87. The summed E-state index contributed by atoms with van der Waals surface area (Å²) in [5, 5.41) is 4.40. The molecule has 0 fully saturated rings. The Labute approximate surface area is 180 Å². The maximum Gasteiger partial charge on any atom is 0.416 e. The molecule has 166 valence electrons. The van der Waals surface area contributed by atoms with Gasteiger partial charge in [0.2, 0.25) is 0 Å². The number of fused-ring (bicyclic) bond motifs is 1. The molecule has 0 bridgehead atoms. The summed E-state index contributed by atoms with van der Waals surface area (Å²) in [5.41, 5.74) is 1.03. The van der Waals surface area contributed by atoms with Gasteiger partial charge in [-0.3, -0.25) is 4.90 Å². The molecular weight excluding hydrogens is 403 g/mol. The van der Waals surface area contributed by atoms with Crippen LogP contribution in [0.2, 0.25) is 0 Å². The number of alkyl halides is 3. The molecule has 0 saturated carbocycles. The van der Waals surface area contributed by atoms with Crippen molar-refractivity contribution in [3.63, 3.8) is 0 Å². The molecule has 0 aliphatic rings. The van der Waals surface area contributed by atoms with Crippen LogP contribution in [-0.2, 0) is 19.3 Å². The average Bonchev–Trinajstić information content (AvgIpc) is 2.70. The van der Waals surface area contributed by atoms with E-state index in [9.17, 15) is 13.2 Å². The number of benzene rings is 2. The van der Waals surface area contributed by atoms with Crippen LogP contribution in [0.25, 0.3) is 10.9 Å². The highest BCUT2D eigenvalue weighted by atomic mass is 19.4. The molecule has 0 amide bonds. The molecule has 0 saturated heterocycles. The lowest BCUT2D eigenvalue weighted by atomic mass is 10.1. The minimum Gasteiger partial charge on any atom is -0.369 e. The highest BCUT2D eigenvalue weighted by molar-refractivity contribution is 5.88. The minimum atomic E-state index is -4.32. The van der Waals surface area contributed by atoms with Crippen LogP contribution in [0.5, 0.6) is 0 Å². The van der Waals surface area contributed by atoms with Gasteiger partial charge in [0.1, 0.15) is 11.6 Å². The van der Waals surface area contributed by atoms with Crippen LogP contribution in [0.4, 0.5) is 19.0 Å². The Hall–Kier alpha value is -2.71. The van der Waals surface area contributed by atoms with Crippen LogP contribution in [0.3, 0.4) is 0 Å². The lowest BCUT2D eigenvalue weighted by Gasteiger charge is -2.18. The lowest BCUT2D eigenvalue weighted by Crippen LogP contribution is -2.20. The van der Waals surface area contributed by atoms with Gasteiger partial charge in [0, 0.05) is 18.5 Å². The van der Waals surface area contributed by atoms with Gasteiger partial charge < -0.3 is 10.2 Å². The standard InChI is InChI=1S/C23H28F3N5/c1-30(2)14-6-13-27-22-19-7-4-5-8-20(19)28-21(29-22)16-31(3)15-17-9-11-18(12-10-17)23(24,25)26/h4-5,7-12H,6,13-16H2,1-3H3,(H,27,28,29). The van der Waals surface area contributed by atoms with E-state index in [-0.39, 0.29) is 0 Å². The number of para-hydroxylation sites is 1. The van der Waals surface area contributed by atoms with Gasteiger partial charge in [-0.2, -0.15) is 13.2 Å². The van der Waals surface area contributed by atoms with Gasteiger partial charge in [-0.15, -0.1) is 0 Å². The lowest BCUT2D eigenvalue weighted by molar-refractivity contribution is -0.137. The SMILES string of the molecule is CN(C)CCCNc1nc(CN(C)Cc2ccc(C(F)(F)F)cc2)nc2ccccc12. The molecule has 0 aliphatic heterocycles. The summed E-state index contributed by atoms with van der Waals surface area (Å²) in [7, 11) is 6.00. The topological polar surface area (TPSA) is 44.3 Å². The average molecular weight is 432 g/mol. The van der Waals surface area contributed by atoms with Gasteiger partial charge in [-0.05, 0) is 63.9 Å². The fourth-order valence-electron chi connectivity index (χ4n) is 3.34. The van der Waals surface area contributed by atoms with Crippen molar-refractivity contribution in [3.05, 3.63) is 65.5 Å². The van der Waals surface area contributed by atoms with E-state index in [1.165, 1.54) is 12.1 Å². The Morgan fingerprint density at radius 3 is 2.29 bits per heavy atom. The molecule has 0 aliphatic carbocycles. The van der Waals surface area contributed by atoms with Gasteiger partial charge in [-0.1, -0.05) is 24.3 Å². The summed E-state index contributed by atoms with van der Waals surface area (Å²) >= 11 is 0. The Kier molecular flexibility index (Phi) is 7.46. The van der Waals surface area contributed by atoms with Crippen LogP contribution in [0, 0.1) is 0 Å². The fraction of sp³-hybridized carbons (Fsp3) is 0.391. The Balaban J connectivity index is 1.70. The van der Waals surface area contributed by atoms with E-state index in [0.717, 1.165) is 53.9 Å². The predicted molar refractivity (Wildman–Crippen MR) is 118 cm³/mol. The highest BCUT2D eigenvalue weighted by Crippen LogP contribution is 2.29. The number of aromatic nitrogens is 2. The largest absolute Gasteiger partial charge is 0.416 e. The fourth-order valence-corrected chi connectivity index (χ4v) is 3.34. The zero-order valence-electron chi connectivity index (χ0n) is 18.1. The van der Waals surface area contributed by atoms with Crippen LogP contribution in [-0.4, -0.2) is 54.0 Å². The van der Waals surface area contributed by atoms with E-state index in [1.54, 1.807) is 0 Å². The normalized spacial score (nSPS) is 12.1. The number of nitrogens with one attached hydrogen (secondary N) is 1. The monoisotopic (exact) mass is 431 g/mol. The highest BCUT2D eigenvalue weighted by Gasteiger charge is 2.29. The summed E-state index contributed by atoms with van der Waals surface area (Å²) < 4.78 is 38.3. The summed E-state index contributed by atoms with van der Waals surface area (Å²) in [6.07, 6.45) is -3.33. The van der Waals surface area contributed by atoms with E-state index in [4.69, 9.17) is 4.98 Å². The molecule has 1 heterocycles. The molecule has 5 nitrogen and oxygen atoms in total. The number of nitrogens with zero attached hydrogens (tertiary/aromatic N) is 4. The van der Waals surface area contributed by atoms with Crippen molar-refractivity contribution in [1.82, 2.24) is 19.8 Å². The first kappa shape index (κ1) is 23.0. The number of anilines is 1. The smallest absolute Gasteiger partial charge is 0.369 e. The molecule has 31 heavy (non-hydrogen) atoms. The second-order valence-electron chi connectivity index (χ2n) is 7.96. The molecule has 0 atom stereocenters. The van der Waals surface area contributed by atoms with Gasteiger partial charge in [0.05, 0.1) is 17.6 Å². The van der Waals surface area contributed by atoms with E-state index in [0.29, 0.717) is 18.9 Å². The molecule has 0 unspecified atom stereocenters. The molecule has 8 heteroatoms. The second kappa shape index (κ2) is 10.1. The van der Waals surface area contributed by atoms with E-state index >= 15 is 0 Å². The Bertz CT molecular complexity index is 987. The van der Waals surface area contributed by atoms with Crippen molar-refractivity contribution in [1.29, 1.82) is 0 Å². The van der Waals surface area contributed by atoms with E-state index < -0.39 is 11.7 Å². The molecule has 1 aromatic heterocycles. The third kappa shape index (κ3) is 6.63. The van der Waals surface area contributed by atoms with Crippen LogP contribution in [0.1, 0.15) is 23.4 Å². The number of hydrogen-bond donors (Lipinski definition) is 1. The Morgan fingerprint density at radius 2 is 1.61 bits per heavy atom. The summed E-state index contributed by atoms with van der Waals surface area (Å²) in [6, 6.07) is 13.1. The molecule has 1 N–H and O–H groups in total. The maximum absolute atomic E-state index is 12.8. The van der Waals surface area contributed by atoms with Crippen molar-refractivity contribution < 1.29 is 13.2 Å². The van der Waals surface area contributed by atoms with Gasteiger partial charge in [-0.25, -0.2) is 9.97 Å². The van der Waals surface area contributed by atoms with E-state index in [2.05, 4.69) is 15.2 Å². The van der Waals surface area contributed by atoms with Crippen LogP contribution >= 0.6 is 0 Å². The molecule has 2 aromatic carbocycles. The first-order valence-electron chi connectivity index (χ1n) is 10.2. The maximum atomic E-state index is 12.8. The molecular formula is C23H28F3N5. The minimum absolute atomic E-state index is 0.484. The molecule has 3 rings (SSSR count). The quantitative estimate of drug-likeness (QED) is 0.500. The predicted octanol–water partition coefficient (Wildman–Crippen LogP) is 4.64. The summed E-state index contributed by atoms with van der Waals surface area (Å²) in [4.78, 5) is 13.5. The van der Waals surface area contributed by atoms with Crippen LogP contribution in [0.15, 0.2) is 48.5 Å². The number of hydrogen-bond acceptors (Lipinski definition) is 5. The van der Waals surface area contributed by atoms with Crippen molar-refractivity contribution in [2.75, 3.05) is 39.5 Å². The number of rotatable bonds is 9. The first-order chi connectivity index (χ1) is 14.7. The Morgan fingerprint density at radius 1 is 0.903 bits per heavy atom. The zero-order valence-corrected chi connectivity index (χ0v) is 18.1. The number of halogens is 3.